The second-order valence-corrected chi connectivity index (χ2v) is 9.77. The third-order valence-corrected chi connectivity index (χ3v) is 8.06. The number of hydrogen-bond donors (Lipinski definition) is 1. The van der Waals surface area contributed by atoms with Crippen molar-refractivity contribution >= 4 is 27.4 Å². The number of carbonyl (C=O) groups is 1. The molecule has 12 heavy (non-hydrogen) atoms. The summed E-state index contributed by atoms with van der Waals surface area (Å²) >= 11 is -2.35. The Hall–Kier alpha value is -0.780. The zero-order valence-electron chi connectivity index (χ0n) is 6.35. The summed E-state index contributed by atoms with van der Waals surface area (Å²) in [6, 6.07) is 0. The van der Waals surface area contributed by atoms with Crippen LogP contribution in [0.5, 0.6) is 0 Å². The Morgan fingerprint density at radius 1 is 1.75 bits per heavy atom. The molecule has 1 aliphatic rings. The summed E-state index contributed by atoms with van der Waals surface area (Å²) in [5.74, 6) is -1.01. The molecule has 0 saturated carbocycles. The van der Waals surface area contributed by atoms with E-state index in [1.165, 1.54) is 9.91 Å². The molecular weight excluding hydrogens is 265 g/mol. The van der Waals surface area contributed by atoms with Gasteiger partial charge in [0.1, 0.15) is 0 Å². The molecule has 1 rings (SSSR count). The van der Waals surface area contributed by atoms with Crippen LogP contribution in [0.2, 0.25) is 4.68 Å². The topological polar surface area (TPSA) is 80.4 Å². The van der Waals surface area contributed by atoms with Crippen molar-refractivity contribution in [1.82, 2.24) is 0 Å². The molecule has 0 atom stereocenters. The first-order chi connectivity index (χ1) is 5.52. The van der Waals surface area contributed by atoms with Gasteiger partial charge in [0.2, 0.25) is 0 Å². The number of nitrogens with zero attached hydrogens (tertiary/aromatic N) is 1. The first-order valence-corrected chi connectivity index (χ1v) is 10.2. The fourth-order valence-electron chi connectivity index (χ4n) is 1.05. The molecule has 0 spiro atoms. The summed E-state index contributed by atoms with van der Waals surface area (Å²) in [4.78, 5) is 20.2. The predicted molar refractivity (Wildman–Crippen MR) is 42.4 cm³/mol. The summed E-state index contributed by atoms with van der Waals surface area (Å²) in [6.07, 6.45) is 1.18. The van der Waals surface area contributed by atoms with Crippen LogP contribution in [0, 0.1) is 10.1 Å². The van der Waals surface area contributed by atoms with Crippen LogP contribution in [-0.2, 0) is 4.79 Å². The Labute approximate surface area is 76.1 Å². The van der Waals surface area contributed by atoms with Gasteiger partial charge >= 0.3 is 76.0 Å². The summed E-state index contributed by atoms with van der Waals surface area (Å²) in [6.45, 7) is 0. The molecule has 0 unspecified atom stereocenters. The van der Waals surface area contributed by atoms with Crippen LogP contribution in [-0.4, -0.2) is 37.4 Å². The fourth-order valence-corrected chi connectivity index (χ4v) is 6.00. The van der Waals surface area contributed by atoms with Gasteiger partial charge in [-0.1, -0.05) is 0 Å². The van der Waals surface area contributed by atoms with Crippen molar-refractivity contribution in [3.05, 3.63) is 29.0 Å². The van der Waals surface area contributed by atoms with Gasteiger partial charge in [0.15, 0.2) is 0 Å². The molecule has 1 heterocycles. The number of nitro groups is 1. The molecule has 0 radical (unpaired) electrons. The Bertz CT molecular complexity index is 307. The zero-order valence-corrected chi connectivity index (χ0v) is 9.65. The molecular formula is C6H6InNO4. The van der Waals surface area contributed by atoms with Crippen molar-refractivity contribution in [2.24, 2.45) is 0 Å². The molecule has 0 aromatic heterocycles. The van der Waals surface area contributed by atoms with E-state index < -0.39 is 32.3 Å². The van der Waals surface area contributed by atoms with E-state index in [1.807, 2.05) is 4.68 Å². The molecule has 0 amide bonds. The maximum absolute atomic E-state index is 10.5. The summed E-state index contributed by atoms with van der Waals surface area (Å²) in [5, 5.41) is 18.9. The minimum absolute atomic E-state index is 0.0456. The first-order valence-electron chi connectivity index (χ1n) is 3.33. The van der Waals surface area contributed by atoms with E-state index in [2.05, 4.69) is 0 Å². The zero-order chi connectivity index (χ0) is 9.30. The minimum atomic E-state index is -2.35. The molecule has 6 heteroatoms. The van der Waals surface area contributed by atoms with Gasteiger partial charge in [-0.15, -0.1) is 0 Å². The number of carboxylic acid groups (broad SMARTS) is 1. The van der Waals surface area contributed by atoms with Crippen LogP contribution < -0.4 is 0 Å². The molecule has 62 valence electrons. The van der Waals surface area contributed by atoms with E-state index in [-0.39, 0.29) is 9.03 Å². The van der Waals surface area contributed by atoms with E-state index in [9.17, 15) is 14.9 Å². The third kappa shape index (κ3) is 1.69. The van der Waals surface area contributed by atoms with E-state index in [1.54, 1.807) is 0 Å². The van der Waals surface area contributed by atoms with Crippen LogP contribution >= 0.6 is 0 Å². The maximum atomic E-state index is 10.5. The van der Waals surface area contributed by atoms with Gasteiger partial charge in [0.05, 0.1) is 0 Å². The van der Waals surface area contributed by atoms with Gasteiger partial charge in [-0.3, -0.25) is 0 Å². The van der Waals surface area contributed by atoms with Crippen molar-refractivity contribution in [1.29, 1.82) is 0 Å². The van der Waals surface area contributed by atoms with Crippen molar-refractivity contribution in [3.8, 4) is 0 Å². The van der Waals surface area contributed by atoms with Crippen LogP contribution in [0.15, 0.2) is 18.9 Å². The van der Waals surface area contributed by atoms with Gasteiger partial charge in [-0.05, 0) is 0 Å². The third-order valence-electron chi connectivity index (χ3n) is 1.67. The number of rotatable bonds is 2. The van der Waals surface area contributed by atoms with Crippen molar-refractivity contribution < 1.29 is 14.8 Å². The number of allylic oxidation sites excluding steroid dienone is 1. The van der Waals surface area contributed by atoms with E-state index >= 15 is 0 Å². The molecule has 0 aromatic rings. The molecule has 0 bridgehead atoms. The molecule has 1 aliphatic heterocycles. The molecule has 0 aromatic carbocycles. The summed E-state index contributed by atoms with van der Waals surface area (Å²) in [5.41, 5.74) is -0.0456. The SMILES string of the molecule is [CH3][In]1[CH]=C([N+](=O)[O-])C=[C]1C(=O)O. The fraction of sp³-hybridized carbons (Fsp3) is 0.167. The summed E-state index contributed by atoms with van der Waals surface area (Å²) < 4.78 is 3.63. The quantitative estimate of drug-likeness (QED) is 0.581. The number of hydrogen-bond acceptors (Lipinski definition) is 3. The predicted octanol–water partition coefficient (Wildman–Crippen LogP) is 0.375. The van der Waals surface area contributed by atoms with Gasteiger partial charge in [-0.2, -0.15) is 0 Å². The molecule has 0 fully saturated rings. The Balaban J connectivity index is 2.94. The second kappa shape index (κ2) is 3.30. The van der Waals surface area contributed by atoms with E-state index in [0.29, 0.717) is 0 Å². The van der Waals surface area contributed by atoms with Crippen LogP contribution in [0.4, 0.5) is 0 Å². The average molecular weight is 271 g/mol. The molecule has 1 N–H and O–H groups in total. The average Bonchev–Trinajstić information content (AvgIpc) is 2.30. The van der Waals surface area contributed by atoms with E-state index in [4.69, 9.17) is 5.11 Å². The van der Waals surface area contributed by atoms with Crippen LogP contribution in [0.25, 0.3) is 0 Å². The van der Waals surface area contributed by atoms with E-state index in [0.717, 1.165) is 0 Å². The second-order valence-electron chi connectivity index (χ2n) is 2.54. The van der Waals surface area contributed by atoms with Crippen LogP contribution in [0.1, 0.15) is 0 Å². The molecule has 0 aliphatic carbocycles. The van der Waals surface area contributed by atoms with Crippen LogP contribution in [0.3, 0.4) is 0 Å². The first kappa shape index (κ1) is 9.31. The van der Waals surface area contributed by atoms with Crippen molar-refractivity contribution in [2.75, 3.05) is 0 Å². The van der Waals surface area contributed by atoms with Gasteiger partial charge in [0.25, 0.3) is 0 Å². The number of aliphatic carboxylic acids is 1. The summed E-state index contributed by atoms with van der Waals surface area (Å²) in [7, 11) is 0. The Morgan fingerprint density at radius 3 is 2.58 bits per heavy atom. The molecule has 5 nitrogen and oxygen atoms in total. The standard InChI is InChI=1S/C5H3NO4.CH3.In/c1-4(6(9)10)2-3-5(7)8;;/h1-2H,(H,7,8);1H3;. The van der Waals surface area contributed by atoms with Gasteiger partial charge in [-0.25, -0.2) is 0 Å². The molecule has 0 saturated heterocycles. The van der Waals surface area contributed by atoms with Gasteiger partial charge in [0, 0.05) is 0 Å². The normalized spacial score (nSPS) is 15.6. The number of carboxylic acids is 1. The van der Waals surface area contributed by atoms with Crippen molar-refractivity contribution in [2.45, 2.75) is 4.68 Å². The van der Waals surface area contributed by atoms with Crippen molar-refractivity contribution in [3.63, 3.8) is 0 Å². The van der Waals surface area contributed by atoms with Gasteiger partial charge < -0.3 is 0 Å². The Morgan fingerprint density at radius 2 is 2.33 bits per heavy atom. The Kier molecular flexibility index (Phi) is 2.56. The monoisotopic (exact) mass is 271 g/mol.